The fourth-order valence-corrected chi connectivity index (χ4v) is 3.08. The molecule has 0 saturated carbocycles. The number of methoxy groups -OCH3 is 2. The lowest BCUT2D eigenvalue weighted by Gasteiger charge is -2.29. The maximum absolute atomic E-state index is 12.6. The van der Waals surface area contributed by atoms with Gasteiger partial charge in [0.05, 0.1) is 38.7 Å². The first kappa shape index (κ1) is 21.4. The minimum absolute atomic E-state index is 0.284. The molecule has 1 aliphatic heterocycles. The van der Waals surface area contributed by atoms with E-state index in [9.17, 15) is 9.59 Å². The van der Waals surface area contributed by atoms with E-state index in [1.807, 2.05) is 6.07 Å². The molecule has 8 nitrogen and oxygen atoms in total. The van der Waals surface area contributed by atoms with E-state index >= 15 is 0 Å². The lowest BCUT2D eigenvalue weighted by Crippen LogP contribution is -2.36. The van der Waals surface area contributed by atoms with E-state index < -0.39 is 12.1 Å². The van der Waals surface area contributed by atoms with Crippen molar-refractivity contribution in [2.75, 3.05) is 50.7 Å². The molecule has 1 unspecified atom stereocenters. The van der Waals surface area contributed by atoms with Crippen molar-refractivity contribution in [3.8, 4) is 11.5 Å². The van der Waals surface area contributed by atoms with E-state index in [1.165, 1.54) is 7.11 Å². The summed E-state index contributed by atoms with van der Waals surface area (Å²) in [5.74, 6) is 0.330. The van der Waals surface area contributed by atoms with Crippen LogP contribution in [0.15, 0.2) is 42.5 Å². The number of morpholine rings is 1. The summed E-state index contributed by atoms with van der Waals surface area (Å²) in [6, 6.07) is 12.2. The lowest BCUT2D eigenvalue weighted by molar-refractivity contribution is -0.122. The standard InChI is InChI=1S/C22H26N2O6/c1-15(30-18-7-5-17(27-2)6-8-18)21(25)23-20-9-4-16(14-19(20)22(26)28-3)24-10-12-29-13-11-24/h4-9,14-15H,10-13H2,1-3H3,(H,23,25). The Morgan fingerprint density at radius 3 is 2.33 bits per heavy atom. The number of amides is 1. The molecular formula is C22H26N2O6. The number of rotatable bonds is 7. The third-order valence-electron chi connectivity index (χ3n) is 4.78. The Labute approximate surface area is 175 Å². The molecule has 0 spiro atoms. The lowest BCUT2D eigenvalue weighted by atomic mass is 10.1. The normalized spacial score (nSPS) is 14.6. The fraction of sp³-hybridized carbons (Fsp3) is 0.364. The van der Waals surface area contributed by atoms with Gasteiger partial charge in [-0.3, -0.25) is 4.79 Å². The monoisotopic (exact) mass is 414 g/mol. The van der Waals surface area contributed by atoms with Gasteiger partial charge < -0.3 is 29.2 Å². The molecule has 0 radical (unpaired) electrons. The van der Waals surface area contributed by atoms with Crippen LogP contribution in [0.3, 0.4) is 0 Å². The maximum Gasteiger partial charge on any atom is 0.340 e. The first-order valence-corrected chi connectivity index (χ1v) is 9.68. The Hall–Kier alpha value is -3.26. The molecule has 0 bridgehead atoms. The van der Waals surface area contributed by atoms with Gasteiger partial charge in [0, 0.05) is 18.8 Å². The number of anilines is 2. The highest BCUT2D eigenvalue weighted by atomic mass is 16.5. The van der Waals surface area contributed by atoms with Crippen molar-refractivity contribution in [2.45, 2.75) is 13.0 Å². The van der Waals surface area contributed by atoms with Gasteiger partial charge in [-0.05, 0) is 49.4 Å². The van der Waals surface area contributed by atoms with Crippen LogP contribution in [0.25, 0.3) is 0 Å². The molecule has 1 heterocycles. The minimum atomic E-state index is -0.775. The summed E-state index contributed by atoms with van der Waals surface area (Å²) in [7, 11) is 2.89. The summed E-state index contributed by atoms with van der Waals surface area (Å²) >= 11 is 0. The number of nitrogens with zero attached hydrogens (tertiary/aromatic N) is 1. The van der Waals surface area contributed by atoms with Crippen molar-refractivity contribution in [1.82, 2.24) is 0 Å². The number of esters is 1. The highest BCUT2D eigenvalue weighted by Gasteiger charge is 2.21. The van der Waals surface area contributed by atoms with Crippen LogP contribution in [0.4, 0.5) is 11.4 Å². The van der Waals surface area contributed by atoms with Crippen LogP contribution >= 0.6 is 0 Å². The van der Waals surface area contributed by atoms with Gasteiger partial charge in [-0.15, -0.1) is 0 Å². The van der Waals surface area contributed by atoms with Crippen molar-refractivity contribution in [3.05, 3.63) is 48.0 Å². The number of nitrogens with one attached hydrogen (secondary N) is 1. The Balaban J connectivity index is 1.73. The molecular weight excluding hydrogens is 388 g/mol. The molecule has 1 amide bonds. The highest BCUT2D eigenvalue weighted by molar-refractivity contribution is 6.03. The van der Waals surface area contributed by atoms with E-state index in [-0.39, 0.29) is 11.5 Å². The molecule has 0 aliphatic carbocycles. The van der Waals surface area contributed by atoms with Crippen LogP contribution in [-0.2, 0) is 14.3 Å². The molecule has 3 rings (SSSR count). The minimum Gasteiger partial charge on any atom is -0.497 e. The molecule has 2 aromatic rings. The fourth-order valence-electron chi connectivity index (χ4n) is 3.08. The molecule has 1 fully saturated rings. The van der Waals surface area contributed by atoms with E-state index in [2.05, 4.69) is 10.2 Å². The second kappa shape index (κ2) is 9.98. The van der Waals surface area contributed by atoms with Gasteiger partial charge >= 0.3 is 5.97 Å². The van der Waals surface area contributed by atoms with Gasteiger partial charge in [-0.1, -0.05) is 0 Å². The summed E-state index contributed by atoms with van der Waals surface area (Å²) in [6.45, 7) is 4.37. The number of carbonyl (C=O) groups is 2. The zero-order chi connectivity index (χ0) is 21.5. The third kappa shape index (κ3) is 5.21. The van der Waals surface area contributed by atoms with E-state index in [1.54, 1.807) is 50.4 Å². The number of hydrogen-bond donors (Lipinski definition) is 1. The molecule has 1 saturated heterocycles. The van der Waals surface area contributed by atoms with E-state index in [4.69, 9.17) is 18.9 Å². The molecule has 30 heavy (non-hydrogen) atoms. The van der Waals surface area contributed by atoms with Crippen LogP contribution in [-0.4, -0.2) is 58.5 Å². The van der Waals surface area contributed by atoms with Crippen molar-refractivity contribution >= 4 is 23.3 Å². The Morgan fingerprint density at radius 1 is 1.03 bits per heavy atom. The molecule has 0 aromatic heterocycles. The number of carbonyl (C=O) groups excluding carboxylic acids is 2. The van der Waals surface area contributed by atoms with E-state index in [0.717, 1.165) is 18.8 Å². The van der Waals surface area contributed by atoms with E-state index in [0.29, 0.717) is 30.4 Å². The molecule has 1 N–H and O–H groups in total. The van der Waals surface area contributed by atoms with Crippen LogP contribution in [0.5, 0.6) is 11.5 Å². The molecule has 2 aromatic carbocycles. The van der Waals surface area contributed by atoms with Gasteiger partial charge in [-0.25, -0.2) is 4.79 Å². The summed E-state index contributed by atoms with van der Waals surface area (Å²) in [5.41, 5.74) is 1.53. The summed E-state index contributed by atoms with van der Waals surface area (Å²) < 4.78 is 21.1. The predicted molar refractivity (Wildman–Crippen MR) is 113 cm³/mol. The largest absolute Gasteiger partial charge is 0.497 e. The summed E-state index contributed by atoms with van der Waals surface area (Å²) in [4.78, 5) is 27.1. The van der Waals surface area contributed by atoms with Crippen LogP contribution in [0.2, 0.25) is 0 Å². The second-order valence-corrected chi connectivity index (χ2v) is 6.75. The predicted octanol–water partition coefficient (Wildman–Crippen LogP) is 2.72. The molecule has 8 heteroatoms. The molecule has 160 valence electrons. The zero-order valence-electron chi connectivity index (χ0n) is 17.3. The number of ether oxygens (including phenoxy) is 4. The van der Waals surface area contributed by atoms with Gasteiger partial charge in [0.25, 0.3) is 5.91 Å². The van der Waals surface area contributed by atoms with Crippen molar-refractivity contribution in [1.29, 1.82) is 0 Å². The van der Waals surface area contributed by atoms with Crippen molar-refractivity contribution in [2.24, 2.45) is 0 Å². The third-order valence-corrected chi connectivity index (χ3v) is 4.78. The summed E-state index contributed by atoms with van der Waals surface area (Å²) in [6.07, 6.45) is -0.775. The smallest absolute Gasteiger partial charge is 0.340 e. The first-order valence-electron chi connectivity index (χ1n) is 9.68. The number of hydrogen-bond acceptors (Lipinski definition) is 7. The zero-order valence-corrected chi connectivity index (χ0v) is 17.3. The molecule has 1 atom stereocenters. The summed E-state index contributed by atoms with van der Waals surface area (Å²) in [5, 5.41) is 2.77. The van der Waals surface area contributed by atoms with Gasteiger partial charge in [0.2, 0.25) is 0 Å². The number of benzene rings is 2. The Morgan fingerprint density at radius 2 is 1.70 bits per heavy atom. The average Bonchev–Trinajstić information content (AvgIpc) is 2.79. The van der Waals surface area contributed by atoms with Gasteiger partial charge in [0.15, 0.2) is 6.10 Å². The highest BCUT2D eigenvalue weighted by Crippen LogP contribution is 2.26. The Kier molecular flexibility index (Phi) is 7.13. The van der Waals surface area contributed by atoms with Crippen molar-refractivity contribution < 1.29 is 28.5 Å². The first-order chi connectivity index (χ1) is 14.5. The Bertz CT molecular complexity index is 878. The average molecular weight is 414 g/mol. The van der Waals surface area contributed by atoms with Crippen LogP contribution < -0.4 is 19.7 Å². The van der Waals surface area contributed by atoms with Gasteiger partial charge in [-0.2, -0.15) is 0 Å². The maximum atomic E-state index is 12.6. The quantitative estimate of drug-likeness (QED) is 0.697. The van der Waals surface area contributed by atoms with Crippen LogP contribution in [0, 0.1) is 0 Å². The topological polar surface area (TPSA) is 86.3 Å². The second-order valence-electron chi connectivity index (χ2n) is 6.75. The van der Waals surface area contributed by atoms with Crippen molar-refractivity contribution in [3.63, 3.8) is 0 Å². The SMILES string of the molecule is COC(=O)c1cc(N2CCOCC2)ccc1NC(=O)C(C)Oc1ccc(OC)cc1. The van der Waals surface area contributed by atoms with Gasteiger partial charge in [0.1, 0.15) is 11.5 Å². The molecule has 1 aliphatic rings. The van der Waals surface area contributed by atoms with Crippen LogP contribution in [0.1, 0.15) is 17.3 Å².